The summed E-state index contributed by atoms with van der Waals surface area (Å²) >= 11 is 6.24. The minimum Gasteiger partial charge on any atom is -0.493 e. The largest absolute Gasteiger partial charge is 0.493 e. The summed E-state index contributed by atoms with van der Waals surface area (Å²) in [7, 11) is 1.61. The zero-order chi connectivity index (χ0) is 18.4. The lowest BCUT2D eigenvalue weighted by atomic mass is 10.2. The van der Waals surface area contributed by atoms with E-state index in [2.05, 4.69) is 5.32 Å². The van der Waals surface area contributed by atoms with E-state index < -0.39 is 0 Å². The third-order valence-electron chi connectivity index (χ3n) is 3.50. The molecule has 0 unspecified atom stereocenters. The number of methoxy groups -OCH3 is 1. The summed E-state index contributed by atoms with van der Waals surface area (Å²) in [5.41, 5.74) is 0.907. The van der Waals surface area contributed by atoms with Gasteiger partial charge in [-0.1, -0.05) is 48.2 Å². The van der Waals surface area contributed by atoms with Crippen LogP contribution in [0.15, 0.2) is 53.4 Å². The minimum atomic E-state index is -0.159. The van der Waals surface area contributed by atoms with Crippen LogP contribution in [0.3, 0.4) is 0 Å². The standard InChI is InChI=1S/C19H17NO4S2/c1-22-15-4-2-3-5-16(15)24-11-10-23-14-8-6-13(7-9-14)12-17-18(21)20-19(25)26-17/h2-9,12H,10-11H2,1H3,(H,20,21,25)/b17-12-. The molecule has 1 aliphatic heterocycles. The first-order valence-corrected chi connectivity index (χ1v) is 9.12. The monoisotopic (exact) mass is 387 g/mol. The smallest absolute Gasteiger partial charge is 0.263 e. The van der Waals surface area contributed by atoms with Crippen LogP contribution < -0.4 is 19.5 Å². The number of thiocarbonyl (C=S) groups is 1. The Morgan fingerprint density at radius 3 is 2.38 bits per heavy atom. The van der Waals surface area contributed by atoms with Crippen LogP contribution in [-0.2, 0) is 4.79 Å². The summed E-state index contributed by atoms with van der Waals surface area (Å²) in [6.07, 6.45) is 1.80. The van der Waals surface area contributed by atoms with Crippen molar-refractivity contribution >= 4 is 40.3 Å². The van der Waals surface area contributed by atoms with E-state index in [1.54, 1.807) is 13.2 Å². The molecule has 1 saturated heterocycles. The highest BCUT2D eigenvalue weighted by Crippen LogP contribution is 2.27. The summed E-state index contributed by atoms with van der Waals surface area (Å²) in [6.45, 7) is 0.811. The first-order chi connectivity index (χ1) is 12.7. The number of hydrogen-bond donors (Lipinski definition) is 1. The van der Waals surface area contributed by atoms with Crippen LogP contribution >= 0.6 is 24.0 Å². The average Bonchev–Trinajstić information content (AvgIpc) is 2.97. The first-order valence-electron chi connectivity index (χ1n) is 7.89. The Balaban J connectivity index is 1.50. The van der Waals surface area contributed by atoms with Gasteiger partial charge in [0.1, 0.15) is 23.3 Å². The molecule has 134 valence electrons. The van der Waals surface area contributed by atoms with Crippen molar-refractivity contribution in [1.29, 1.82) is 0 Å². The number of nitrogens with one attached hydrogen (secondary N) is 1. The number of hydrogen-bond acceptors (Lipinski definition) is 6. The van der Waals surface area contributed by atoms with E-state index in [-0.39, 0.29) is 5.91 Å². The fraction of sp³-hybridized carbons (Fsp3) is 0.158. The third kappa shape index (κ3) is 4.77. The molecule has 0 bridgehead atoms. The van der Waals surface area contributed by atoms with Gasteiger partial charge in [0.2, 0.25) is 0 Å². The molecule has 2 aromatic rings. The van der Waals surface area contributed by atoms with Crippen molar-refractivity contribution in [3.63, 3.8) is 0 Å². The van der Waals surface area contributed by atoms with Crippen LogP contribution in [0.5, 0.6) is 17.2 Å². The number of benzene rings is 2. The molecule has 0 saturated carbocycles. The second-order valence-electron chi connectivity index (χ2n) is 5.27. The van der Waals surface area contributed by atoms with Gasteiger partial charge >= 0.3 is 0 Å². The van der Waals surface area contributed by atoms with Crippen molar-refractivity contribution < 1.29 is 19.0 Å². The predicted octanol–water partition coefficient (Wildman–Crippen LogP) is 3.64. The van der Waals surface area contributed by atoms with Crippen LogP contribution in [0, 0.1) is 0 Å². The molecule has 1 aliphatic rings. The Hall–Kier alpha value is -2.51. The molecule has 5 nitrogen and oxygen atoms in total. The van der Waals surface area contributed by atoms with Crippen LogP contribution in [0.25, 0.3) is 6.08 Å². The number of carbonyl (C=O) groups excluding carboxylic acids is 1. The summed E-state index contributed by atoms with van der Waals surface area (Å²) in [5, 5.41) is 2.59. The molecule has 1 N–H and O–H groups in total. The van der Waals surface area contributed by atoms with E-state index in [9.17, 15) is 4.79 Å². The number of ether oxygens (including phenoxy) is 3. The Bertz CT molecular complexity index is 834. The van der Waals surface area contributed by atoms with Crippen molar-refractivity contribution in [3.05, 3.63) is 59.0 Å². The van der Waals surface area contributed by atoms with E-state index >= 15 is 0 Å². The van der Waals surface area contributed by atoms with Gasteiger partial charge in [0.05, 0.1) is 12.0 Å². The molecule has 0 atom stereocenters. The van der Waals surface area contributed by atoms with Gasteiger partial charge in [-0.25, -0.2) is 0 Å². The lowest BCUT2D eigenvalue weighted by molar-refractivity contribution is -0.115. The van der Waals surface area contributed by atoms with E-state index in [0.717, 1.165) is 11.3 Å². The average molecular weight is 387 g/mol. The number of thioether (sulfide) groups is 1. The maximum atomic E-state index is 11.7. The maximum absolute atomic E-state index is 11.7. The fourth-order valence-electron chi connectivity index (χ4n) is 2.28. The highest BCUT2D eigenvalue weighted by molar-refractivity contribution is 8.26. The Morgan fingerprint density at radius 1 is 1.04 bits per heavy atom. The van der Waals surface area contributed by atoms with Gasteiger partial charge in [-0.2, -0.15) is 0 Å². The zero-order valence-electron chi connectivity index (χ0n) is 14.1. The SMILES string of the molecule is COc1ccccc1OCCOc1ccc(/C=C2\SC(=S)NC2=O)cc1. The molecule has 1 amide bonds. The topological polar surface area (TPSA) is 56.8 Å². The molecule has 0 aliphatic carbocycles. The molecule has 3 rings (SSSR count). The van der Waals surface area contributed by atoms with Crippen molar-refractivity contribution in [2.75, 3.05) is 20.3 Å². The van der Waals surface area contributed by atoms with Crippen molar-refractivity contribution in [3.8, 4) is 17.2 Å². The second kappa shape index (κ2) is 8.73. The van der Waals surface area contributed by atoms with E-state index in [1.807, 2.05) is 48.5 Å². The zero-order valence-corrected chi connectivity index (χ0v) is 15.7. The third-order valence-corrected chi connectivity index (χ3v) is 4.66. The van der Waals surface area contributed by atoms with Gasteiger partial charge in [0, 0.05) is 0 Å². The van der Waals surface area contributed by atoms with Crippen molar-refractivity contribution in [2.24, 2.45) is 0 Å². The lowest BCUT2D eigenvalue weighted by Gasteiger charge is -2.11. The fourth-order valence-corrected chi connectivity index (χ4v) is 3.33. The molecule has 7 heteroatoms. The summed E-state index contributed by atoms with van der Waals surface area (Å²) in [6, 6.07) is 15.0. The van der Waals surface area contributed by atoms with Crippen molar-refractivity contribution in [1.82, 2.24) is 5.32 Å². The summed E-state index contributed by atoms with van der Waals surface area (Å²) in [5.74, 6) is 1.95. The highest BCUT2D eigenvalue weighted by Gasteiger charge is 2.21. The first kappa shape index (κ1) is 18.3. The lowest BCUT2D eigenvalue weighted by Crippen LogP contribution is -2.17. The molecule has 2 aromatic carbocycles. The van der Waals surface area contributed by atoms with Crippen molar-refractivity contribution in [2.45, 2.75) is 0 Å². The van der Waals surface area contributed by atoms with Gasteiger partial charge in [0.15, 0.2) is 11.5 Å². The van der Waals surface area contributed by atoms with E-state index in [4.69, 9.17) is 26.4 Å². The molecule has 26 heavy (non-hydrogen) atoms. The molecule has 0 spiro atoms. The number of carbonyl (C=O) groups is 1. The van der Waals surface area contributed by atoms with E-state index in [1.165, 1.54) is 11.8 Å². The number of amides is 1. The Kier molecular flexibility index (Phi) is 6.14. The van der Waals surface area contributed by atoms with Gasteiger partial charge in [0.25, 0.3) is 5.91 Å². The van der Waals surface area contributed by atoms with Crippen LogP contribution in [0.1, 0.15) is 5.56 Å². The molecular weight excluding hydrogens is 370 g/mol. The van der Waals surface area contributed by atoms with Crippen LogP contribution in [0.4, 0.5) is 0 Å². The molecule has 0 radical (unpaired) electrons. The molecular formula is C19H17NO4S2. The highest BCUT2D eigenvalue weighted by atomic mass is 32.2. The predicted molar refractivity (Wildman–Crippen MR) is 107 cm³/mol. The minimum absolute atomic E-state index is 0.159. The van der Waals surface area contributed by atoms with Gasteiger partial charge in [-0.05, 0) is 35.9 Å². The maximum Gasteiger partial charge on any atom is 0.263 e. The van der Waals surface area contributed by atoms with Gasteiger partial charge in [-0.15, -0.1) is 0 Å². The quantitative estimate of drug-likeness (QED) is 0.445. The number of rotatable bonds is 7. The summed E-state index contributed by atoms with van der Waals surface area (Å²) in [4.78, 5) is 12.2. The summed E-state index contributed by atoms with van der Waals surface area (Å²) < 4.78 is 17.1. The van der Waals surface area contributed by atoms with Crippen LogP contribution in [0.2, 0.25) is 0 Å². The molecule has 1 heterocycles. The molecule has 0 aromatic heterocycles. The Labute approximate surface area is 161 Å². The van der Waals surface area contributed by atoms with Gasteiger partial charge < -0.3 is 19.5 Å². The Morgan fingerprint density at radius 2 is 1.73 bits per heavy atom. The number of para-hydroxylation sites is 2. The second-order valence-corrected chi connectivity index (χ2v) is 6.99. The van der Waals surface area contributed by atoms with E-state index in [0.29, 0.717) is 33.9 Å². The van der Waals surface area contributed by atoms with Crippen LogP contribution in [-0.4, -0.2) is 30.6 Å². The van der Waals surface area contributed by atoms with Gasteiger partial charge in [-0.3, -0.25) is 4.79 Å². The molecule has 1 fully saturated rings. The normalized spacial score (nSPS) is 15.0.